The second-order valence-corrected chi connectivity index (χ2v) is 7.28. The average Bonchev–Trinajstić information content (AvgIpc) is 2.51. The molecule has 1 heterocycles. The molecular weight excluding hydrogens is 328 g/mol. The number of benzene rings is 2. The van der Waals surface area contributed by atoms with Gasteiger partial charge in [0.15, 0.2) is 5.16 Å². The molecule has 0 atom stereocenters. The molecule has 3 rings (SSSR count). The number of rotatable bonds is 5. The Bertz CT molecular complexity index is 873. The second kappa shape index (κ2) is 7.70. The molecule has 0 aliphatic rings. The molecule has 25 heavy (non-hydrogen) atoms. The van der Waals surface area contributed by atoms with Crippen LogP contribution >= 0.6 is 11.8 Å². The maximum absolute atomic E-state index is 5.97. The van der Waals surface area contributed by atoms with E-state index in [-0.39, 0.29) is 0 Å². The molecule has 4 heteroatoms. The van der Waals surface area contributed by atoms with Crippen molar-refractivity contribution in [2.45, 2.75) is 38.6 Å². The van der Waals surface area contributed by atoms with Crippen LogP contribution in [0, 0.1) is 27.7 Å². The number of aryl methyl sites for hydroxylation is 4. The first-order valence-electron chi connectivity index (χ1n) is 8.28. The summed E-state index contributed by atoms with van der Waals surface area (Å²) in [5.74, 6) is 2.24. The number of hydrogen-bond acceptors (Lipinski definition) is 4. The predicted molar refractivity (Wildman–Crippen MR) is 103 cm³/mol. The van der Waals surface area contributed by atoms with Gasteiger partial charge >= 0.3 is 0 Å². The Morgan fingerprint density at radius 2 is 1.60 bits per heavy atom. The van der Waals surface area contributed by atoms with Crippen molar-refractivity contribution in [3.63, 3.8) is 0 Å². The van der Waals surface area contributed by atoms with Gasteiger partial charge in [0.25, 0.3) is 0 Å². The first kappa shape index (κ1) is 17.5. The molecule has 0 bridgehead atoms. The fraction of sp³-hybridized carbons (Fsp3) is 0.238. The van der Waals surface area contributed by atoms with Gasteiger partial charge in [0.2, 0.25) is 5.88 Å². The summed E-state index contributed by atoms with van der Waals surface area (Å²) in [6.45, 7) is 8.20. The second-order valence-electron chi connectivity index (χ2n) is 6.33. The molecule has 0 spiro atoms. The third kappa shape index (κ3) is 5.07. The lowest BCUT2D eigenvalue weighted by atomic mass is 10.1. The third-order valence-corrected chi connectivity index (χ3v) is 4.60. The van der Waals surface area contributed by atoms with Gasteiger partial charge in [0, 0.05) is 17.5 Å². The van der Waals surface area contributed by atoms with Crippen molar-refractivity contribution < 1.29 is 4.74 Å². The first-order valence-corrected chi connectivity index (χ1v) is 9.27. The highest BCUT2D eigenvalue weighted by Crippen LogP contribution is 2.26. The Labute approximate surface area is 153 Å². The van der Waals surface area contributed by atoms with Gasteiger partial charge in [-0.3, -0.25) is 0 Å². The van der Waals surface area contributed by atoms with Gasteiger partial charge in [0.05, 0.1) is 0 Å². The van der Waals surface area contributed by atoms with E-state index in [0.717, 1.165) is 22.4 Å². The predicted octanol–water partition coefficient (Wildman–Crippen LogP) is 5.79. The topological polar surface area (TPSA) is 35.0 Å². The summed E-state index contributed by atoms with van der Waals surface area (Å²) in [5, 5.41) is 0.737. The largest absolute Gasteiger partial charge is 0.439 e. The average molecular weight is 350 g/mol. The van der Waals surface area contributed by atoms with Crippen LogP contribution in [0.15, 0.2) is 53.7 Å². The van der Waals surface area contributed by atoms with Crippen LogP contribution < -0.4 is 4.74 Å². The summed E-state index contributed by atoms with van der Waals surface area (Å²) < 4.78 is 5.97. The number of aromatic nitrogens is 2. The SMILES string of the molecule is Cc1cccc(CSc2nc(C)cc(Oc3cc(C)cc(C)c3)n2)c1. The summed E-state index contributed by atoms with van der Waals surface area (Å²) in [7, 11) is 0. The number of thioether (sulfide) groups is 1. The summed E-state index contributed by atoms with van der Waals surface area (Å²) in [6, 6.07) is 16.5. The van der Waals surface area contributed by atoms with E-state index in [1.165, 1.54) is 22.3 Å². The van der Waals surface area contributed by atoms with Crippen LogP contribution in [0.4, 0.5) is 0 Å². The van der Waals surface area contributed by atoms with Crippen molar-refractivity contribution in [3.05, 3.63) is 76.5 Å². The Morgan fingerprint density at radius 1 is 0.840 bits per heavy atom. The molecule has 0 aliphatic heterocycles. The van der Waals surface area contributed by atoms with Crippen LogP contribution in [0.2, 0.25) is 0 Å². The lowest BCUT2D eigenvalue weighted by molar-refractivity contribution is 0.454. The van der Waals surface area contributed by atoms with E-state index in [1.54, 1.807) is 11.8 Å². The molecule has 0 aliphatic carbocycles. The minimum absolute atomic E-state index is 0.587. The molecule has 3 aromatic rings. The van der Waals surface area contributed by atoms with E-state index in [1.807, 2.05) is 25.1 Å². The monoisotopic (exact) mass is 350 g/mol. The Morgan fingerprint density at radius 3 is 2.32 bits per heavy atom. The molecule has 0 fully saturated rings. The quantitative estimate of drug-likeness (QED) is 0.430. The van der Waals surface area contributed by atoms with Gasteiger partial charge in [-0.25, -0.2) is 4.98 Å². The highest BCUT2D eigenvalue weighted by atomic mass is 32.2. The highest BCUT2D eigenvalue weighted by Gasteiger charge is 2.07. The molecule has 1 aromatic heterocycles. The number of nitrogens with zero attached hydrogens (tertiary/aromatic N) is 2. The standard InChI is InChI=1S/C21H22N2OS/c1-14-6-5-7-18(9-14)13-25-21-22-17(4)12-20(23-21)24-19-10-15(2)8-16(3)11-19/h5-12H,13H2,1-4H3. The van der Waals surface area contributed by atoms with Crippen LogP contribution in [0.5, 0.6) is 11.6 Å². The summed E-state index contributed by atoms with van der Waals surface area (Å²) in [5.41, 5.74) is 5.79. The first-order chi connectivity index (χ1) is 12.0. The molecule has 3 nitrogen and oxygen atoms in total. The lowest BCUT2D eigenvalue weighted by Gasteiger charge is -2.09. The third-order valence-electron chi connectivity index (χ3n) is 3.68. The maximum atomic E-state index is 5.97. The van der Waals surface area contributed by atoms with Gasteiger partial charge in [0.1, 0.15) is 5.75 Å². The van der Waals surface area contributed by atoms with Crippen LogP contribution in [0.25, 0.3) is 0 Å². The van der Waals surface area contributed by atoms with E-state index in [4.69, 9.17) is 4.74 Å². The Kier molecular flexibility index (Phi) is 5.39. The van der Waals surface area contributed by atoms with Crippen molar-refractivity contribution in [1.29, 1.82) is 0 Å². The van der Waals surface area contributed by atoms with E-state index in [9.17, 15) is 0 Å². The van der Waals surface area contributed by atoms with E-state index < -0.39 is 0 Å². The van der Waals surface area contributed by atoms with Gasteiger partial charge in [-0.2, -0.15) is 4.98 Å². The molecule has 0 saturated carbocycles. The minimum atomic E-state index is 0.587. The molecule has 0 radical (unpaired) electrons. The molecule has 128 valence electrons. The zero-order valence-electron chi connectivity index (χ0n) is 15.0. The molecule has 0 amide bonds. The smallest absolute Gasteiger partial charge is 0.223 e. The van der Waals surface area contributed by atoms with E-state index >= 15 is 0 Å². The molecular formula is C21H22N2OS. The van der Waals surface area contributed by atoms with Crippen LogP contribution in [0.1, 0.15) is 27.9 Å². The Hall–Kier alpha value is -2.33. The highest BCUT2D eigenvalue weighted by molar-refractivity contribution is 7.98. The van der Waals surface area contributed by atoms with Crippen LogP contribution in [0.3, 0.4) is 0 Å². The van der Waals surface area contributed by atoms with E-state index in [0.29, 0.717) is 5.88 Å². The normalized spacial score (nSPS) is 10.7. The summed E-state index contributed by atoms with van der Waals surface area (Å²) >= 11 is 1.63. The molecule has 0 unspecified atom stereocenters. The van der Waals surface area contributed by atoms with Crippen molar-refractivity contribution >= 4 is 11.8 Å². The minimum Gasteiger partial charge on any atom is -0.439 e. The molecule has 0 N–H and O–H groups in total. The molecule has 2 aromatic carbocycles. The van der Waals surface area contributed by atoms with Crippen molar-refractivity contribution in [3.8, 4) is 11.6 Å². The maximum Gasteiger partial charge on any atom is 0.223 e. The van der Waals surface area contributed by atoms with Crippen LogP contribution in [-0.4, -0.2) is 9.97 Å². The fourth-order valence-electron chi connectivity index (χ4n) is 2.69. The number of hydrogen-bond donors (Lipinski definition) is 0. The van der Waals surface area contributed by atoms with Crippen molar-refractivity contribution in [1.82, 2.24) is 9.97 Å². The van der Waals surface area contributed by atoms with Crippen molar-refractivity contribution in [2.24, 2.45) is 0 Å². The summed E-state index contributed by atoms with van der Waals surface area (Å²) in [4.78, 5) is 9.08. The van der Waals surface area contributed by atoms with E-state index in [2.05, 4.69) is 61.1 Å². The lowest BCUT2D eigenvalue weighted by Crippen LogP contribution is -1.96. The molecule has 0 saturated heterocycles. The Balaban J connectivity index is 1.75. The van der Waals surface area contributed by atoms with Crippen LogP contribution in [-0.2, 0) is 5.75 Å². The summed E-state index contributed by atoms with van der Waals surface area (Å²) in [6.07, 6.45) is 0. The van der Waals surface area contributed by atoms with Gasteiger partial charge < -0.3 is 4.74 Å². The number of ether oxygens (including phenoxy) is 1. The van der Waals surface area contributed by atoms with Gasteiger partial charge in [-0.05, 0) is 56.5 Å². The zero-order valence-corrected chi connectivity index (χ0v) is 15.9. The van der Waals surface area contributed by atoms with Gasteiger partial charge in [-0.15, -0.1) is 0 Å². The van der Waals surface area contributed by atoms with Crippen molar-refractivity contribution in [2.75, 3.05) is 0 Å². The fourth-order valence-corrected chi connectivity index (χ4v) is 3.53. The zero-order chi connectivity index (χ0) is 17.8. The van der Waals surface area contributed by atoms with Gasteiger partial charge in [-0.1, -0.05) is 47.7 Å².